The molecule has 1 heterocycles. The zero-order valence-corrected chi connectivity index (χ0v) is 19.5. The van der Waals surface area contributed by atoms with Gasteiger partial charge in [-0.25, -0.2) is 13.2 Å². The van der Waals surface area contributed by atoms with E-state index >= 15 is 0 Å². The third-order valence-electron chi connectivity index (χ3n) is 5.93. The van der Waals surface area contributed by atoms with Crippen molar-refractivity contribution in [1.29, 1.82) is 0 Å². The number of esters is 1. The lowest BCUT2D eigenvalue weighted by molar-refractivity contribution is -0.155. The Morgan fingerprint density at radius 2 is 1.84 bits per heavy atom. The van der Waals surface area contributed by atoms with Gasteiger partial charge in [0.1, 0.15) is 16.2 Å². The first-order valence-corrected chi connectivity index (χ1v) is 12.5. The molecule has 10 heteroatoms. The molecule has 0 unspecified atom stereocenters. The first kappa shape index (κ1) is 24.5. The van der Waals surface area contributed by atoms with Crippen LogP contribution in [-0.2, 0) is 35.5 Å². The molecule has 1 aliphatic carbocycles. The van der Waals surface area contributed by atoms with Gasteiger partial charge >= 0.3 is 5.97 Å². The number of hydrogen-bond acceptors (Lipinski definition) is 7. The third kappa shape index (κ3) is 5.41. The Balaban J connectivity index is 1.80. The number of hydrogen-bond donors (Lipinski definition) is 1. The average Bonchev–Trinajstić information content (AvgIpc) is 2.80. The standard InChI is InChI=1S/C22H32N2O7S/c1-3-31-21(26)22(9-5-4-6-10-22)23-20(25)16-17-7-8-18(29-2)19(15-17)32(27,28)24-11-13-30-14-12-24/h7-8,15H,3-6,9-14,16H2,1-2H3,(H,23,25). The second kappa shape index (κ2) is 10.6. The average molecular weight is 469 g/mol. The summed E-state index contributed by atoms with van der Waals surface area (Å²) in [4.78, 5) is 25.5. The summed E-state index contributed by atoms with van der Waals surface area (Å²) in [7, 11) is -2.39. The van der Waals surface area contributed by atoms with E-state index in [0.29, 0.717) is 31.6 Å². The Labute approximate surface area is 189 Å². The Bertz CT molecular complexity index is 920. The maximum absolute atomic E-state index is 13.2. The van der Waals surface area contributed by atoms with Crippen LogP contribution in [0, 0.1) is 0 Å². The van der Waals surface area contributed by atoms with Gasteiger partial charge in [0.25, 0.3) is 0 Å². The highest BCUT2D eigenvalue weighted by Gasteiger charge is 2.42. The van der Waals surface area contributed by atoms with Crippen molar-refractivity contribution in [1.82, 2.24) is 9.62 Å². The molecule has 1 saturated heterocycles. The molecule has 32 heavy (non-hydrogen) atoms. The Morgan fingerprint density at radius 3 is 2.47 bits per heavy atom. The number of amides is 1. The van der Waals surface area contributed by atoms with Crippen LogP contribution in [0.25, 0.3) is 0 Å². The molecule has 2 fully saturated rings. The van der Waals surface area contributed by atoms with Crippen molar-refractivity contribution >= 4 is 21.9 Å². The van der Waals surface area contributed by atoms with Gasteiger partial charge in [0, 0.05) is 13.1 Å². The van der Waals surface area contributed by atoms with E-state index < -0.39 is 21.5 Å². The van der Waals surface area contributed by atoms with Crippen molar-refractivity contribution in [3.05, 3.63) is 23.8 Å². The van der Waals surface area contributed by atoms with Gasteiger partial charge in [-0.1, -0.05) is 25.3 Å². The summed E-state index contributed by atoms with van der Waals surface area (Å²) in [6.45, 7) is 3.18. The van der Waals surface area contributed by atoms with Gasteiger partial charge in [-0.2, -0.15) is 4.31 Å². The molecule has 1 aromatic carbocycles. The molecule has 178 valence electrons. The number of morpholine rings is 1. The van der Waals surface area contributed by atoms with Gasteiger partial charge in [-0.15, -0.1) is 0 Å². The van der Waals surface area contributed by atoms with Gasteiger partial charge in [0.2, 0.25) is 15.9 Å². The number of benzene rings is 1. The predicted molar refractivity (Wildman–Crippen MR) is 117 cm³/mol. The van der Waals surface area contributed by atoms with E-state index in [0.717, 1.165) is 19.3 Å². The summed E-state index contributed by atoms with van der Waals surface area (Å²) in [6.07, 6.45) is 3.70. The molecule has 0 atom stereocenters. The van der Waals surface area contributed by atoms with Crippen LogP contribution in [0.15, 0.2) is 23.1 Å². The van der Waals surface area contributed by atoms with E-state index in [4.69, 9.17) is 14.2 Å². The molecule has 3 rings (SSSR count). The van der Waals surface area contributed by atoms with Gasteiger partial charge in [0.05, 0.1) is 33.4 Å². The summed E-state index contributed by atoms with van der Waals surface area (Å²) in [5.74, 6) is -0.533. The fourth-order valence-corrected chi connectivity index (χ4v) is 5.87. The molecule has 1 saturated carbocycles. The summed E-state index contributed by atoms with van der Waals surface area (Å²) in [5, 5.41) is 2.89. The second-order valence-electron chi connectivity index (χ2n) is 8.09. The first-order valence-electron chi connectivity index (χ1n) is 11.1. The zero-order valence-electron chi connectivity index (χ0n) is 18.7. The minimum atomic E-state index is -3.80. The number of carbonyl (C=O) groups excluding carboxylic acids is 2. The van der Waals surface area contributed by atoms with Crippen molar-refractivity contribution in [3.63, 3.8) is 0 Å². The molecule has 0 spiro atoms. The van der Waals surface area contributed by atoms with E-state index in [1.54, 1.807) is 19.1 Å². The topological polar surface area (TPSA) is 111 Å². The molecular weight excluding hydrogens is 436 g/mol. The van der Waals surface area contributed by atoms with E-state index in [1.807, 2.05) is 0 Å². The minimum absolute atomic E-state index is 0.0185. The quantitative estimate of drug-likeness (QED) is 0.578. The van der Waals surface area contributed by atoms with Crippen LogP contribution in [0.3, 0.4) is 0 Å². The van der Waals surface area contributed by atoms with Crippen LogP contribution >= 0.6 is 0 Å². The molecule has 0 bridgehead atoms. The van der Waals surface area contributed by atoms with E-state index in [-0.39, 0.29) is 42.7 Å². The van der Waals surface area contributed by atoms with Crippen molar-refractivity contribution in [2.24, 2.45) is 0 Å². The summed E-state index contributed by atoms with van der Waals surface area (Å²) in [5.41, 5.74) is -0.495. The van der Waals surface area contributed by atoms with E-state index in [9.17, 15) is 18.0 Å². The Kier molecular flexibility index (Phi) is 8.13. The van der Waals surface area contributed by atoms with Crippen LogP contribution in [0.5, 0.6) is 5.75 Å². The number of carbonyl (C=O) groups is 2. The monoisotopic (exact) mass is 468 g/mol. The van der Waals surface area contributed by atoms with Gasteiger partial charge in [0.15, 0.2) is 0 Å². The highest BCUT2D eigenvalue weighted by Crippen LogP contribution is 2.31. The van der Waals surface area contributed by atoms with Crippen LogP contribution in [-0.4, -0.2) is 70.2 Å². The molecule has 1 aromatic rings. The number of sulfonamides is 1. The van der Waals surface area contributed by atoms with Crippen LogP contribution in [0.4, 0.5) is 0 Å². The van der Waals surface area contributed by atoms with Crippen molar-refractivity contribution in [2.45, 2.75) is 55.9 Å². The number of nitrogens with one attached hydrogen (secondary N) is 1. The highest BCUT2D eigenvalue weighted by molar-refractivity contribution is 7.89. The van der Waals surface area contributed by atoms with Gasteiger partial charge < -0.3 is 19.5 Å². The highest BCUT2D eigenvalue weighted by atomic mass is 32.2. The third-order valence-corrected chi connectivity index (χ3v) is 7.85. The lowest BCUT2D eigenvalue weighted by Crippen LogP contribution is -2.56. The first-order chi connectivity index (χ1) is 15.3. The normalized spacial score (nSPS) is 19.2. The molecule has 0 radical (unpaired) electrons. The lowest BCUT2D eigenvalue weighted by Gasteiger charge is -2.35. The number of rotatable bonds is 8. The minimum Gasteiger partial charge on any atom is -0.495 e. The van der Waals surface area contributed by atoms with Crippen LogP contribution < -0.4 is 10.1 Å². The van der Waals surface area contributed by atoms with Crippen molar-refractivity contribution in [3.8, 4) is 5.75 Å². The number of nitrogens with zero attached hydrogens (tertiary/aromatic N) is 1. The molecule has 1 aliphatic heterocycles. The number of methoxy groups -OCH3 is 1. The molecule has 1 N–H and O–H groups in total. The molecule has 1 amide bonds. The van der Waals surface area contributed by atoms with E-state index in [2.05, 4.69) is 5.32 Å². The fourth-order valence-electron chi connectivity index (χ4n) is 4.26. The molecular formula is C22H32N2O7S. The zero-order chi connectivity index (χ0) is 23.2. The largest absolute Gasteiger partial charge is 0.495 e. The van der Waals surface area contributed by atoms with Crippen molar-refractivity contribution < 1.29 is 32.2 Å². The summed E-state index contributed by atoms with van der Waals surface area (Å²) >= 11 is 0. The van der Waals surface area contributed by atoms with Crippen molar-refractivity contribution in [2.75, 3.05) is 40.0 Å². The lowest BCUT2D eigenvalue weighted by atomic mass is 9.81. The molecule has 9 nitrogen and oxygen atoms in total. The molecule has 2 aliphatic rings. The fraction of sp³-hybridized carbons (Fsp3) is 0.636. The maximum atomic E-state index is 13.2. The molecule has 0 aromatic heterocycles. The SMILES string of the molecule is CCOC(=O)C1(NC(=O)Cc2ccc(OC)c(S(=O)(=O)N3CCOCC3)c2)CCCCC1. The predicted octanol–water partition coefficient (Wildman–Crippen LogP) is 1.64. The Hall–Kier alpha value is -2.17. The summed E-state index contributed by atoms with van der Waals surface area (Å²) in [6, 6.07) is 4.69. The van der Waals surface area contributed by atoms with Gasteiger partial charge in [-0.3, -0.25) is 4.79 Å². The Morgan fingerprint density at radius 1 is 1.16 bits per heavy atom. The van der Waals surface area contributed by atoms with Crippen LogP contribution in [0.2, 0.25) is 0 Å². The second-order valence-corrected chi connectivity index (χ2v) is 10.00. The van der Waals surface area contributed by atoms with Crippen LogP contribution in [0.1, 0.15) is 44.6 Å². The maximum Gasteiger partial charge on any atom is 0.331 e. The smallest absolute Gasteiger partial charge is 0.331 e. The number of ether oxygens (including phenoxy) is 3. The van der Waals surface area contributed by atoms with Gasteiger partial charge in [-0.05, 0) is 37.5 Å². The van der Waals surface area contributed by atoms with E-state index in [1.165, 1.54) is 17.5 Å². The summed E-state index contributed by atoms with van der Waals surface area (Å²) < 4.78 is 43.4.